The fourth-order valence-corrected chi connectivity index (χ4v) is 3.83. The zero-order valence-electron chi connectivity index (χ0n) is 13.9. The summed E-state index contributed by atoms with van der Waals surface area (Å²) in [5.41, 5.74) is 1.37. The number of aromatic nitrogens is 1. The number of hydrogen-bond donors (Lipinski definition) is 1. The molecule has 0 aromatic carbocycles. The summed E-state index contributed by atoms with van der Waals surface area (Å²) in [4.78, 5) is 6.78. The van der Waals surface area contributed by atoms with Crippen molar-refractivity contribution in [1.82, 2.24) is 15.2 Å². The van der Waals surface area contributed by atoms with Crippen molar-refractivity contribution in [2.24, 2.45) is 5.92 Å². The van der Waals surface area contributed by atoms with Gasteiger partial charge in [0.15, 0.2) is 0 Å². The Hall–Kier alpha value is -0.930. The van der Waals surface area contributed by atoms with Crippen LogP contribution in [0.25, 0.3) is 0 Å². The normalized spacial score (nSPS) is 26.2. The van der Waals surface area contributed by atoms with Crippen LogP contribution in [0.2, 0.25) is 0 Å². The highest BCUT2D eigenvalue weighted by atomic mass is 15.2. The van der Waals surface area contributed by atoms with E-state index < -0.39 is 0 Å². The average Bonchev–Trinajstić information content (AvgIpc) is 2.54. The van der Waals surface area contributed by atoms with Crippen molar-refractivity contribution in [3.63, 3.8) is 0 Å². The summed E-state index contributed by atoms with van der Waals surface area (Å²) in [7, 11) is 2.12. The molecule has 1 aliphatic rings. The maximum Gasteiger partial charge on any atom is 0.0271 e. The van der Waals surface area contributed by atoms with Crippen LogP contribution in [0.4, 0.5) is 0 Å². The molecule has 2 rings (SSSR count). The van der Waals surface area contributed by atoms with Crippen LogP contribution in [0, 0.1) is 5.92 Å². The smallest absolute Gasteiger partial charge is 0.0271 e. The zero-order valence-corrected chi connectivity index (χ0v) is 13.9. The molecule has 1 heterocycles. The van der Waals surface area contributed by atoms with Crippen molar-refractivity contribution in [3.8, 4) is 0 Å². The fourth-order valence-electron chi connectivity index (χ4n) is 3.83. The number of rotatable bonds is 7. The third-order valence-electron chi connectivity index (χ3n) is 5.00. The third kappa shape index (κ3) is 4.52. The van der Waals surface area contributed by atoms with Gasteiger partial charge in [0, 0.05) is 31.0 Å². The Bertz CT molecular complexity index is 393. The minimum atomic E-state index is 0.639. The van der Waals surface area contributed by atoms with E-state index >= 15 is 0 Å². The molecule has 0 amide bonds. The Balaban J connectivity index is 2.05. The maximum absolute atomic E-state index is 4.13. The first-order valence-corrected chi connectivity index (χ1v) is 8.58. The molecule has 3 atom stereocenters. The molecule has 0 aliphatic heterocycles. The first-order chi connectivity index (χ1) is 10.3. The number of likely N-dealkylation sites (N-methyl/N-ethyl adjacent to an activating group) is 2. The molecule has 1 N–H and O–H groups in total. The molecular weight excluding hydrogens is 258 g/mol. The minimum Gasteiger partial charge on any atom is -0.315 e. The molecule has 1 aromatic rings. The summed E-state index contributed by atoms with van der Waals surface area (Å²) in [6.07, 6.45) is 10.6. The topological polar surface area (TPSA) is 28.2 Å². The summed E-state index contributed by atoms with van der Waals surface area (Å²) in [6.45, 7) is 6.76. The monoisotopic (exact) mass is 289 g/mol. The molecule has 21 heavy (non-hydrogen) atoms. The molecule has 1 aliphatic carbocycles. The third-order valence-corrected chi connectivity index (χ3v) is 5.00. The standard InChI is InChI=1S/C18H31N3/c1-4-6-15-7-8-17(19-3)18(13-15)21(5-2)14-16-9-11-20-12-10-16/h9-12,15,17-19H,4-8,13-14H2,1-3H3. The van der Waals surface area contributed by atoms with Crippen LogP contribution < -0.4 is 5.32 Å². The van der Waals surface area contributed by atoms with E-state index in [4.69, 9.17) is 0 Å². The van der Waals surface area contributed by atoms with Gasteiger partial charge in [0.2, 0.25) is 0 Å². The first kappa shape index (κ1) is 16.4. The van der Waals surface area contributed by atoms with Gasteiger partial charge in [-0.15, -0.1) is 0 Å². The molecule has 3 unspecified atom stereocenters. The maximum atomic E-state index is 4.13. The molecule has 0 saturated heterocycles. The van der Waals surface area contributed by atoms with Crippen LogP contribution in [-0.2, 0) is 6.54 Å². The second-order valence-corrected chi connectivity index (χ2v) is 6.35. The number of hydrogen-bond acceptors (Lipinski definition) is 3. The lowest BCUT2D eigenvalue weighted by Gasteiger charge is -2.42. The number of nitrogens with zero attached hydrogens (tertiary/aromatic N) is 2. The molecule has 1 saturated carbocycles. The molecule has 3 heteroatoms. The highest BCUT2D eigenvalue weighted by molar-refractivity contribution is 5.10. The highest BCUT2D eigenvalue weighted by Crippen LogP contribution is 2.31. The Labute approximate surface area is 130 Å². The lowest BCUT2D eigenvalue weighted by atomic mass is 9.79. The summed E-state index contributed by atoms with van der Waals surface area (Å²) in [5, 5.41) is 3.56. The van der Waals surface area contributed by atoms with E-state index in [1.807, 2.05) is 12.4 Å². The summed E-state index contributed by atoms with van der Waals surface area (Å²) in [5.74, 6) is 0.913. The molecule has 3 nitrogen and oxygen atoms in total. The lowest BCUT2D eigenvalue weighted by Crippen LogP contribution is -2.52. The zero-order chi connectivity index (χ0) is 15.1. The van der Waals surface area contributed by atoms with Gasteiger partial charge in [-0.2, -0.15) is 0 Å². The van der Waals surface area contributed by atoms with Gasteiger partial charge in [0.05, 0.1) is 0 Å². The largest absolute Gasteiger partial charge is 0.315 e. The molecule has 118 valence electrons. The summed E-state index contributed by atoms with van der Waals surface area (Å²) >= 11 is 0. The van der Waals surface area contributed by atoms with E-state index in [9.17, 15) is 0 Å². The van der Waals surface area contributed by atoms with Gasteiger partial charge < -0.3 is 5.32 Å². The van der Waals surface area contributed by atoms with E-state index in [-0.39, 0.29) is 0 Å². The Kier molecular flexibility index (Phi) is 6.65. The summed E-state index contributed by atoms with van der Waals surface area (Å²) < 4.78 is 0. The second kappa shape index (κ2) is 8.50. The van der Waals surface area contributed by atoms with E-state index in [1.54, 1.807) is 0 Å². The van der Waals surface area contributed by atoms with Gasteiger partial charge in [0.1, 0.15) is 0 Å². The SMILES string of the molecule is CCCC1CCC(NC)C(N(CC)Cc2ccncc2)C1. The van der Waals surface area contributed by atoms with Crippen molar-refractivity contribution in [2.45, 2.75) is 64.6 Å². The Morgan fingerprint density at radius 1 is 1.24 bits per heavy atom. The van der Waals surface area contributed by atoms with E-state index in [2.05, 4.69) is 48.2 Å². The van der Waals surface area contributed by atoms with Crippen molar-refractivity contribution in [3.05, 3.63) is 30.1 Å². The predicted octanol–water partition coefficient (Wildman–Crippen LogP) is 3.46. The molecule has 1 fully saturated rings. The van der Waals surface area contributed by atoms with Crippen LogP contribution in [0.1, 0.15) is 51.5 Å². The first-order valence-electron chi connectivity index (χ1n) is 8.58. The molecule has 0 radical (unpaired) electrons. The Morgan fingerprint density at radius 3 is 2.62 bits per heavy atom. The van der Waals surface area contributed by atoms with Crippen LogP contribution in [-0.4, -0.2) is 35.6 Å². The minimum absolute atomic E-state index is 0.639. The average molecular weight is 289 g/mol. The van der Waals surface area contributed by atoms with Crippen molar-refractivity contribution >= 4 is 0 Å². The van der Waals surface area contributed by atoms with Gasteiger partial charge in [-0.1, -0.05) is 26.7 Å². The molecular formula is C18H31N3. The quantitative estimate of drug-likeness (QED) is 0.833. The number of nitrogens with one attached hydrogen (secondary N) is 1. The van der Waals surface area contributed by atoms with Crippen molar-refractivity contribution < 1.29 is 0 Å². The van der Waals surface area contributed by atoms with Crippen LogP contribution in [0.15, 0.2) is 24.5 Å². The molecule has 0 spiro atoms. The molecule has 0 bridgehead atoms. The highest BCUT2D eigenvalue weighted by Gasteiger charge is 2.32. The van der Waals surface area contributed by atoms with Crippen LogP contribution in [0.3, 0.4) is 0 Å². The van der Waals surface area contributed by atoms with Gasteiger partial charge in [-0.25, -0.2) is 0 Å². The van der Waals surface area contributed by atoms with Crippen LogP contribution in [0.5, 0.6) is 0 Å². The lowest BCUT2D eigenvalue weighted by molar-refractivity contribution is 0.0952. The van der Waals surface area contributed by atoms with E-state index in [0.717, 1.165) is 19.0 Å². The van der Waals surface area contributed by atoms with E-state index in [1.165, 1.54) is 37.7 Å². The summed E-state index contributed by atoms with van der Waals surface area (Å²) in [6, 6.07) is 5.59. The van der Waals surface area contributed by atoms with Gasteiger partial charge in [-0.3, -0.25) is 9.88 Å². The van der Waals surface area contributed by atoms with Crippen molar-refractivity contribution in [1.29, 1.82) is 0 Å². The fraction of sp³-hybridized carbons (Fsp3) is 0.722. The van der Waals surface area contributed by atoms with Gasteiger partial charge in [0.25, 0.3) is 0 Å². The second-order valence-electron chi connectivity index (χ2n) is 6.35. The van der Waals surface area contributed by atoms with Crippen LogP contribution >= 0.6 is 0 Å². The molecule has 1 aromatic heterocycles. The Morgan fingerprint density at radius 2 is 2.00 bits per heavy atom. The van der Waals surface area contributed by atoms with Gasteiger partial charge in [-0.05, 0) is 56.5 Å². The van der Waals surface area contributed by atoms with Gasteiger partial charge >= 0.3 is 0 Å². The van der Waals surface area contributed by atoms with E-state index in [0.29, 0.717) is 12.1 Å². The predicted molar refractivity (Wildman–Crippen MR) is 89.2 cm³/mol. The van der Waals surface area contributed by atoms with Crippen molar-refractivity contribution in [2.75, 3.05) is 13.6 Å². The number of pyridine rings is 1.